The molecule has 0 radical (unpaired) electrons. The lowest BCUT2D eigenvalue weighted by atomic mass is 9.90. The molecule has 0 saturated carbocycles. The third kappa shape index (κ3) is 2.61. The highest BCUT2D eigenvalue weighted by Crippen LogP contribution is 2.27. The Morgan fingerprint density at radius 2 is 2.31 bits per heavy atom. The van der Waals surface area contributed by atoms with Crippen LogP contribution in [-0.4, -0.2) is 5.97 Å². The van der Waals surface area contributed by atoms with Crippen LogP contribution in [0.15, 0.2) is 22.8 Å². The fourth-order valence-corrected chi connectivity index (χ4v) is 1.35. The molecule has 3 nitrogen and oxygen atoms in total. The number of furan rings is 1. The van der Waals surface area contributed by atoms with E-state index in [-0.39, 0.29) is 18.3 Å². The second-order valence-electron chi connectivity index (χ2n) is 3.44. The molecule has 3 heteroatoms. The molecule has 0 bridgehead atoms. The molecule has 0 N–H and O–H groups in total. The van der Waals surface area contributed by atoms with Gasteiger partial charge in [0.1, 0.15) is 5.76 Å². The Morgan fingerprint density at radius 3 is 2.69 bits per heavy atom. The molecule has 72 valence electrons. The third-order valence-electron chi connectivity index (χ3n) is 2.10. The fourth-order valence-electron chi connectivity index (χ4n) is 1.35. The topological polar surface area (TPSA) is 53.3 Å². The van der Waals surface area contributed by atoms with E-state index >= 15 is 0 Å². The van der Waals surface area contributed by atoms with Gasteiger partial charge in [-0.1, -0.05) is 13.8 Å². The highest BCUT2D eigenvalue weighted by molar-refractivity contribution is 5.65. The fraction of sp³-hybridized carbons (Fsp3) is 0.500. The molecular weight excluding hydrogens is 168 g/mol. The minimum absolute atomic E-state index is 0.0190. The van der Waals surface area contributed by atoms with Crippen LogP contribution in [0.5, 0.6) is 0 Å². The Bertz CT molecular complexity index is 262. The molecule has 0 aromatic carbocycles. The Balaban J connectivity index is 2.74. The Kier molecular flexibility index (Phi) is 3.12. The highest BCUT2D eigenvalue weighted by Gasteiger charge is 2.18. The predicted molar refractivity (Wildman–Crippen MR) is 45.9 cm³/mol. The maximum absolute atomic E-state index is 10.5. The Hall–Kier alpha value is -1.25. The Labute approximate surface area is 77.4 Å². The van der Waals surface area contributed by atoms with Crippen LogP contribution in [0, 0.1) is 5.92 Å². The van der Waals surface area contributed by atoms with Gasteiger partial charge in [0, 0.05) is 11.9 Å². The quantitative estimate of drug-likeness (QED) is 0.700. The smallest absolute Gasteiger partial charge is 0.107 e. The van der Waals surface area contributed by atoms with Crippen LogP contribution in [0.25, 0.3) is 0 Å². The van der Waals surface area contributed by atoms with Crippen LogP contribution in [0.1, 0.15) is 31.9 Å². The summed E-state index contributed by atoms with van der Waals surface area (Å²) in [5.41, 5.74) is 0. The Morgan fingerprint density at radius 1 is 1.62 bits per heavy atom. The first-order chi connectivity index (χ1) is 6.11. The summed E-state index contributed by atoms with van der Waals surface area (Å²) in [4.78, 5) is 10.5. The summed E-state index contributed by atoms with van der Waals surface area (Å²) in [5.74, 6) is -0.154. The van der Waals surface area contributed by atoms with Crippen molar-refractivity contribution in [2.45, 2.75) is 26.2 Å². The standard InChI is InChI=1S/C10H14O3/c1-7(2)8(6-10(11)12)9-4-3-5-13-9/h3-5,7-8H,6H2,1-2H3,(H,11,12)/p-1/t8-/m0/s1. The average molecular weight is 181 g/mol. The van der Waals surface area contributed by atoms with Gasteiger partial charge in [-0.25, -0.2) is 0 Å². The van der Waals surface area contributed by atoms with E-state index in [0.29, 0.717) is 0 Å². The van der Waals surface area contributed by atoms with Gasteiger partial charge < -0.3 is 14.3 Å². The zero-order valence-electron chi connectivity index (χ0n) is 7.82. The van der Waals surface area contributed by atoms with Crippen LogP contribution < -0.4 is 5.11 Å². The lowest BCUT2D eigenvalue weighted by Gasteiger charge is -2.18. The van der Waals surface area contributed by atoms with Crippen molar-refractivity contribution in [3.63, 3.8) is 0 Å². The number of carbonyl (C=O) groups is 1. The summed E-state index contributed by atoms with van der Waals surface area (Å²) in [5, 5.41) is 10.5. The molecule has 0 aliphatic carbocycles. The van der Waals surface area contributed by atoms with Crippen LogP contribution in [-0.2, 0) is 4.79 Å². The molecule has 0 spiro atoms. The van der Waals surface area contributed by atoms with Crippen molar-refractivity contribution < 1.29 is 14.3 Å². The summed E-state index contributed by atoms with van der Waals surface area (Å²) < 4.78 is 5.17. The monoisotopic (exact) mass is 181 g/mol. The first-order valence-electron chi connectivity index (χ1n) is 4.34. The molecule has 1 aromatic rings. The number of aliphatic carboxylic acids is 1. The van der Waals surface area contributed by atoms with Crippen molar-refractivity contribution in [2.75, 3.05) is 0 Å². The van der Waals surface area contributed by atoms with Gasteiger partial charge in [-0.3, -0.25) is 0 Å². The van der Waals surface area contributed by atoms with Crippen LogP contribution in [0.2, 0.25) is 0 Å². The second-order valence-corrected chi connectivity index (χ2v) is 3.44. The van der Waals surface area contributed by atoms with Gasteiger partial charge in [-0.05, 0) is 24.5 Å². The maximum atomic E-state index is 10.5. The van der Waals surface area contributed by atoms with Crippen LogP contribution in [0.4, 0.5) is 0 Å². The molecule has 0 aliphatic rings. The van der Waals surface area contributed by atoms with E-state index < -0.39 is 5.97 Å². The molecule has 1 atom stereocenters. The number of carboxylic acids is 1. The van der Waals surface area contributed by atoms with Crippen molar-refractivity contribution in [1.82, 2.24) is 0 Å². The molecule has 13 heavy (non-hydrogen) atoms. The van der Waals surface area contributed by atoms with Crippen molar-refractivity contribution in [2.24, 2.45) is 5.92 Å². The largest absolute Gasteiger partial charge is 0.550 e. The first-order valence-corrected chi connectivity index (χ1v) is 4.34. The number of hydrogen-bond acceptors (Lipinski definition) is 3. The number of carboxylic acid groups (broad SMARTS) is 1. The molecule has 1 aromatic heterocycles. The first kappa shape index (κ1) is 9.84. The lowest BCUT2D eigenvalue weighted by molar-refractivity contribution is -0.306. The van der Waals surface area contributed by atoms with Crippen molar-refractivity contribution in [3.8, 4) is 0 Å². The molecule has 0 saturated heterocycles. The van der Waals surface area contributed by atoms with E-state index in [1.165, 1.54) is 0 Å². The highest BCUT2D eigenvalue weighted by atomic mass is 16.4. The third-order valence-corrected chi connectivity index (χ3v) is 2.10. The van der Waals surface area contributed by atoms with Gasteiger partial charge >= 0.3 is 0 Å². The van der Waals surface area contributed by atoms with Crippen molar-refractivity contribution in [3.05, 3.63) is 24.2 Å². The van der Waals surface area contributed by atoms with Gasteiger partial charge in [0.2, 0.25) is 0 Å². The molecule has 1 heterocycles. The van der Waals surface area contributed by atoms with Crippen LogP contribution in [0.3, 0.4) is 0 Å². The molecule has 1 rings (SSSR count). The minimum Gasteiger partial charge on any atom is -0.550 e. The van der Waals surface area contributed by atoms with Crippen LogP contribution >= 0.6 is 0 Å². The van der Waals surface area contributed by atoms with E-state index in [1.54, 1.807) is 18.4 Å². The maximum Gasteiger partial charge on any atom is 0.107 e. The molecule has 0 aliphatic heterocycles. The summed E-state index contributed by atoms with van der Waals surface area (Å²) in [6, 6.07) is 3.56. The second kappa shape index (κ2) is 4.12. The zero-order valence-corrected chi connectivity index (χ0v) is 7.82. The predicted octanol–water partition coefficient (Wildman–Crippen LogP) is 1.16. The number of rotatable bonds is 4. The molecule has 0 fully saturated rings. The average Bonchev–Trinajstić information content (AvgIpc) is 2.50. The van der Waals surface area contributed by atoms with E-state index in [9.17, 15) is 9.90 Å². The number of hydrogen-bond donors (Lipinski definition) is 0. The van der Waals surface area contributed by atoms with E-state index in [4.69, 9.17) is 4.42 Å². The van der Waals surface area contributed by atoms with Gasteiger partial charge in [0.05, 0.1) is 6.26 Å². The zero-order chi connectivity index (χ0) is 9.84. The van der Waals surface area contributed by atoms with E-state index in [0.717, 1.165) is 5.76 Å². The molecular formula is C10H13O3-. The minimum atomic E-state index is -1.03. The van der Waals surface area contributed by atoms with Gasteiger partial charge in [-0.15, -0.1) is 0 Å². The molecule has 0 unspecified atom stereocenters. The lowest BCUT2D eigenvalue weighted by Crippen LogP contribution is -2.26. The SMILES string of the molecule is CC(C)[C@H](CC(=O)[O-])c1ccco1. The normalized spacial score (nSPS) is 13.2. The van der Waals surface area contributed by atoms with E-state index in [1.807, 2.05) is 13.8 Å². The van der Waals surface area contributed by atoms with Crippen molar-refractivity contribution in [1.29, 1.82) is 0 Å². The van der Waals surface area contributed by atoms with Gasteiger partial charge in [0.25, 0.3) is 0 Å². The summed E-state index contributed by atoms with van der Waals surface area (Å²) >= 11 is 0. The van der Waals surface area contributed by atoms with Gasteiger partial charge in [0.15, 0.2) is 0 Å². The summed E-state index contributed by atoms with van der Waals surface area (Å²) in [6.07, 6.45) is 1.57. The summed E-state index contributed by atoms with van der Waals surface area (Å²) in [7, 11) is 0. The number of carbonyl (C=O) groups excluding carboxylic acids is 1. The molecule has 0 amide bonds. The van der Waals surface area contributed by atoms with Gasteiger partial charge in [-0.2, -0.15) is 0 Å². The summed E-state index contributed by atoms with van der Waals surface area (Å²) in [6.45, 7) is 3.94. The van der Waals surface area contributed by atoms with E-state index in [2.05, 4.69) is 0 Å². The van der Waals surface area contributed by atoms with Crippen molar-refractivity contribution >= 4 is 5.97 Å².